The van der Waals surface area contributed by atoms with E-state index >= 15 is 0 Å². The molecule has 1 aliphatic rings. The third-order valence-corrected chi connectivity index (χ3v) is 6.24. The summed E-state index contributed by atoms with van der Waals surface area (Å²) in [6.45, 7) is 1.76. The number of nitrogens with two attached hydrogens (primary N) is 2. The third kappa shape index (κ3) is 3.84. The molecule has 0 aromatic heterocycles. The Morgan fingerprint density at radius 3 is 2.57 bits per heavy atom. The Kier molecular flexibility index (Phi) is 5.06. The molecule has 118 valence electrons. The molecule has 0 amide bonds. The summed E-state index contributed by atoms with van der Waals surface area (Å²) >= 11 is 1.86. The second kappa shape index (κ2) is 6.46. The Hall–Kier alpha value is -0.920. The average molecular weight is 329 g/mol. The normalized spacial score (nSPS) is 23.0. The van der Waals surface area contributed by atoms with Crippen molar-refractivity contribution < 1.29 is 8.42 Å². The molecule has 0 bridgehead atoms. The van der Waals surface area contributed by atoms with Crippen molar-refractivity contribution in [2.24, 2.45) is 5.14 Å². The van der Waals surface area contributed by atoms with Gasteiger partial charge in [-0.3, -0.25) is 0 Å². The topological polar surface area (TPSA) is 98.2 Å². The first-order valence-electron chi connectivity index (χ1n) is 7.05. The molecule has 7 heteroatoms. The van der Waals surface area contributed by atoms with Gasteiger partial charge in [0.2, 0.25) is 10.0 Å². The van der Waals surface area contributed by atoms with E-state index in [0.29, 0.717) is 22.5 Å². The molecule has 1 aromatic carbocycles. The van der Waals surface area contributed by atoms with Crippen LogP contribution < -0.4 is 16.2 Å². The van der Waals surface area contributed by atoms with Crippen LogP contribution >= 0.6 is 11.8 Å². The Balaban J connectivity index is 2.34. The molecule has 21 heavy (non-hydrogen) atoms. The Morgan fingerprint density at radius 2 is 1.95 bits per heavy atom. The summed E-state index contributed by atoms with van der Waals surface area (Å²) in [6, 6.07) is 3.54. The second-order valence-corrected chi connectivity index (χ2v) is 8.15. The summed E-state index contributed by atoms with van der Waals surface area (Å²) in [4.78, 5) is 0.0986. The molecule has 1 aromatic rings. The highest BCUT2D eigenvalue weighted by atomic mass is 32.2. The van der Waals surface area contributed by atoms with Crippen molar-refractivity contribution >= 4 is 33.2 Å². The molecule has 5 N–H and O–H groups in total. The quantitative estimate of drug-likeness (QED) is 0.736. The van der Waals surface area contributed by atoms with Crippen LogP contribution in [0, 0.1) is 6.92 Å². The largest absolute Gasteiger partial charge is 0.399 e. The lowest BCUT2D eigenvalue weighted by atomic mass is 9.94. The van der Waals surface area contributed by atoms with Crippen LogP contribution in [0.5, 0.6) is 0 Å². The molecule has 0 radical (unpaired) electrons. The van der Waals surface area contributed by atoms with Gasteiger partial charge in [-0.2, -0.15) is 11.8 Å². The fourth-order valence-electron chi connectivity index (χ4n) is 2.90. The molecule has 0 aliphatic heterocycles. The molecule has 1 fully saturated rings. The number of primary sulfonamides is 1. The Labute approximate surface area is 130 Å². The highest BCUT2D eigenvalue weighted by Crippen LogP contribution is 2.32. The number of thioether (sulfide) groups is 1. The summed E-state index contributed by atoms with van der Waals surface area (Å²) in [5.41, 5.74) is 7.64. The van der Waals surface area contributed by atoms with Gasteiger partial charge >= 0.3 is 0 Å². The summed E-state index contributed by atoms with van der Waals surface area (Å²) < 4.78 is 23.3. The maximum absolute atomic E-state index is 11.7. The summed E-state index contributed by atoms with van der Waals surface area (Å²) in [6.07, 6.45) is 6.83. The van der Waals surface area contributed by atoms with E-state index in [9.17, 15) is 8.42 Å². The summed E-state index contributed by atoms with van der Waals surface area (Å²) in [5.74, 6) is 0. The zero-order valence-corrected chi connectivity index (χ0v) is 14.1. The van der Waals surface area contributed by atoms with Gasteiger partial charge in [-0.1, -0.05) is 12.8 Å². The van der Waals surface area contributed by atoms with Gasteiger partial charge in [0.05, 0.1) is 4.90 Å². The molecule has 5 nitrogen and oxygen atoms in total. The first kappa shape index (κ1) is 16.5. The van der Waals surface area contributed by atoms with Crippen LogP contribution in [-0.2, 0) is 10.0 Å². The van der Waals surface area contributed by atoms with Crippen LogP contribution in [0.4, 0.5) is 11.4 Å². The minimum absolute atomic E-state index is 0.0986. The first-order valence-corrected chi connectivity index (χ1v) is 9.88. The third-order valence-electron chi connectivity index (χ3n) is 4.04. The number of rotatable bonds is 4. The number of sulfonamides is 1. The van der Waals surface area contributed by atoms with Crippen LogP contribution in [0.1, 0.15) is 31.2 Å². The van der Waals surface area contributed by atoms with Gasteiger partial charge < -0.3 is 11.1 Å². The van der Waals surface area contributed by atoms with E-state index in [2.05, 4.69) is 11.6 Å². The maximum atomic E-state index is 11.7. The van der Waals surface area contributed by atoms with Crippen molar-refractivity contribution in [3.8, 4) is 0 Å². The summed E-state index contributed by atoms with van der Waals surface area (Å²) in [7, 11) is -3.76. The van der Waals surface area contributed by atoms with Crippen molar-refractivity contribution in [2.75, 3.05) is 17.3 Å². The second-order valence-electron chi connectivity index (χ2n) is 5.55. The predicted octanol–water partition coefficient (Wildman–Crippen LogP) is 2.31. The number of benzene rings is 1. The fraction of sp³-hybridized carbons (Fsp3) is 0.571. The Morgan fingerprint density at radius 1 is 1.29 bits per heavy atom. The lowest BCUT2D eigenvalue weighted by Crippen LogP contribution is -2.34. The maximum Gasteiger partial charge on any atom is 0.238 e. The number of anilines is 2. The van der Waals surface area contributed by atoms with Crippen molar-refractivity contribution in [3.63, 3.8) is 0 Å². The van der Waals surface area contributed by atoms with Gasteiger partial charge in [-0.25, -0.2) is 13.6 Å². The van der Waals surface area contributed by atoms with E-state index in [1.165, 1.54) is 25.3 Å². The van der Waals surface area contributed by atoms with E-state index in [-0.39, 0.29) is 4.90 Å². The van der Waals surface area contributed by atoms with Crippen LogP contribution in [-0.4, -0.2) is 26.0 Å². The molecule has 1 saturated carbocycles. The number of nitrogens with one attached hydrogen (secondary N) is 1. The highest BCUT2D eigenvalue weighted by Gasteiger charge is 2.25. The zero-order chi connectivity index (χ0) is 15.6. The number of hydrogen-bond acceptors (Lipinski definition) is 5. The van der Waals surface area contributed by atoms with Crippen LogP contribution in [0.3, 0.4) is 0 Å². The van der Waals surface area contributed by atoms with Crippen LogP contribution in [0.25, 0.3) is 0 Å². The van der Waals surface area contributed by atoms with Gasteiger partial charge in [0.25, 0.3) is 0 Å². The number of hydrogen-bond donors (Lipinski definition) is 3. The minimum Gasteiger partial charge on any atom is -0.399 e. The lowest BCUT2D eigenvalue weighted by molar-refractivity contribution is 0.475. The van der Waals surface area contributed by atoms with E-state index < -0.39 is 10.0 Å². The Bertz CT molecular complexity index is 617. The van der Waals surface area contributed by atoms with E-state index in [4.69, 9.17) is 10.9 Å². The van der Waals surface area contributed by atoms with Crippen molar-refractivity contribution in [3.05, 3.63) is 17.7 Å². The molecular formula is C14H23N3O2S2. The molecular weight excluding hydrogens is 306 g/mol. The van der Waals surface area contributed by atoms with E-state index in [1.54, 1.807) is 13.0 Å². The van der Waals surface area contributed by atoms with E-state index in [1.807, 2.05) is 11.8 Å². The van der Waals surface area contributed by atoms with Gasteiger partial charge in [0.1, 0.15) is 0 Å². The van der Waals surface area contributed by atoms with Crippen molar-refractivity contribution in [2.45, 2.75) is 48.8 Å². The highest BCUT2D eigenvalue weighted by molar-refractivity contribution is 7.99. The molecule has 2 unspecified atom stereocenters. The number of nitrogen functional groups attached to an aromatic ring is 1. The van der Waals surface area contributed by atoms with Crippen molar-refractivity contribution in [1.29, 1.82) is 0 Å². The van der Waals surface area contributed by atoms with Gasteiger partial charge in [0.15, 0.2) is 0 Å². The van der Waals surface area contributed by atoms with Crippen LogP contribution in [0.15, 0.2) is 17.0 Å². The molecule has 0 spiro atoms. The van der Waals surface area contributed by atoms with Gasteiger partial charge in [-0.15, -0.1) is 0 Å². The van der Waals surface area contributed by atoms with Gasteiger partial charge in [0, 0.05) is 22.7 Å². The molecule has 0 heterocycles. The smallest absolute Gasteiger partial charge is 0.238 e. The average Bonchev–Trinajstić information content (AvgIpc) is 2.42. The molecule has 1 aliphatic carbocycles. The molecule has 0 saturated heterocycles. The standard InChI is InChI=1S/C14H23N3O2S2/c1-9-12(7-10(15)8-14(9)21(16,18)19)17-11-5-3-4-6-13(11)20-2/h7-8,11,13,17H,3-6,15H2,1-2H3,(H2,16,18,19). The van der Waals surface area contributed by atoms with Crippen LogP contribution in [0.2, 0.25) is 0 Å². The minimum atomic E-state index is -3.76. The van der Waals surface area contributed by atoms with Gasteiger partial charge in [-0.05, 0) is 43.7 Å². The fourth-order valence-corrected chi connectivity index (χ4v) is 4.67. The predicted molar refractivity (Wildman–Crippen MR) is 90.1 cm³/mol. The van der Waals surface area contributed by atoms with Crippen molar-refractivity contribution in [1.82, 2.24) is 0 Å². The SMILES string of the molecule is CSC1CCCCC1Nc1cc(N)cc(S(N)(=O)=O)c1C. The molecule has 2 atom stereocenters. The zero-order valence-electron chi connectivity index (χ0n) is 12.4. The monoisotopic (exact) mass is 329 g/mol. The molecule has 2 rings (SSSR count). The van der Waals surface area contributed by atoms with E-state index in [0.717, 1.165) is 12.1 Å². The lowest BCUT2D eigenvalue weighted by Gasteiger charge is -2.32. The first-order chi connectivity index (χ1) is 9.82. The summed E-state index contributed by atoms with van der Waals surface area (Å²) in [5, 5.41) is 9.29.